The molecule has 0 bridgehead atoms. The van der Waals surface area contributed by atoms with Gasteiger partial charge in [-0.3, -0.25) is 0 Å². The van der Waals surface area contributed by atoms with Crippen LogP contribution in [0.15, 0.2) is 22.8 Å². The first-order chi connectivity index (χ1) is 8.38. The lowest BCUT2D eigenvalue weighted by Crippen LogP contribution is -2.09. The van der Waals surface area contributed by atoms with Crippen LogP contribution in [0.25, 0.3) is 11.3 Å². The third-order valence-electron chi connectivity index (χ3n) is 3.05. The number of nitrogens with zero attached hydrogens (tertiary/aromatic N) is 2. The molecule has 1 aliphatic carbocycles. The van der Waals surface area contributed by atoms with Crippen molar-refractivity contribution in [2.45, 2.75) is 26.2 Å². The van der Waals surface area contributed by atoms with Crippen molar-refractivity contribution >= 4 is 5.82 Å². The van der Waals surface area contributed by atoms with Gasteiger partial charge in [0.2, 0.25) is 0 Å². The summed E-state index contributed by atoms with van der Waals surface area (Å²) in [6.45, 7) is 3.07. The number of fused-ring (bicyclic) bond motifs is 3. The predicted molar refractivity (Wildman–Crippen MR) is 65.9 cm³/mol. The van der Waals surface area contributed by atoms with E-state index in [4.69, 9.17) is 4.42 Å². The van der Waals surface area contributed by atoms with Crippen LogP contribution < -0.4 is 5.32 Å². The van der Waals surface area contributed by atoms with Crippen LogP contribution in [0.2, 0.25) is 0 Å². The number of nitrogens with one attached hydrogen (secondary N) is 1. The lowest BCUT2D eigenvalue weighted by Gasteiger charge is -2.14. The number of anilines is 1. The molecule has 3 rings (SSSR count). The molecule has 2 aromatic heterocycles. The molecule has 88 valence electrons. The Morgan fingerprint density at radius 2 is 2.29 bits per heavy atom. The molecule has 0 aromatic carbocycles. The highest BCUT2D eigenvalue weighted by Gasteiger charge is 2.20. The second-order valence-corrected chi connectivity index (χ2v) is 4.29. The first-order valence-corrected chi connectivity index (χ1v) is 6.05. The fraction of sp³-hybridized carbons (Fsp3) is 0.385. The summed E-state index contributed by atoms with van der Waals surface area (Å²) in [5, 5.41) is 11.8. The minimum Gasteiger partial charge on any atom is -0.469 e. The maximum absolute atomic E-state index is 5.42. The zero-order valence-electron chi connectivity index (χ0n) is 9.86. The van der Waals surface area contributed by atoms with Gasteiger partial charge in [-0.15, -0.1) is 10.2 Å². The second kappa shape index (κ2) is 4.20. The van der Waals surface area contributed by atoms with Crippen LogP contribution in [-0.4, -0.2) is 16.7 Å². The van der Waals surface area contributed by atoms with Crippen molar-refractivity contribution in [1.29, 1.82) is 0 Å². The maximum Gasteiger partial charge on any atom is 0.148 e. The highest BCUT2D eigenvalue weighted by molar-refractivity contribution is 5.68. The molecule has 0 spiro atoms. The van der Waals surface area contributed by atoms with Gasteiger partial charge in [-0.25, -0.2) is 0 Å². The van der Waals surface area contributed by atoms with E-state index in [0.717, 1.165) is 48.6 Å². The molecule has 1 aliphatic rings. The third kappa shape index (κ3) is 1.79. The fourth-order valence-corrected chi connectivity index (χ4v) is 2.18. The SMILES string of the molecule is CCCNc1cc2c(nn1)-c1ccoc1CC2. The summed E-state index contributed by atoms with van der Waals surface area (Å²) in [6.07, 6.45) is 4.75. The number of hydrogen-bond donors (Lipinski definition) is 1. The Morgan fingerprint density at radius 1 is 1.35 bits per heavy atom. The topological polar surface area (TPSA) is 51.0 Å². The van der Waals surface area contributed by atoms with Crippen molar-refractivity contribution in [2.75, 3.05) is 11.9 Å². The van der Waals surface area contributed by atoms with Crippen LogP contribution in [0.3, 0.4) is 0 Å². The molecule has 1 N–H and O–H groups in total. The number of furan rings is 1. The molecule has 17 heavy (non-hydrogen) atoms. The van der Waals surface area contributed by atoms with Gasteiger partial charge in [0.25, 0.3) is 0 Å². The van der Waals surface area contributed by atoms with Crippen LogP contribution >= 0.6 is 0 Å². The van der Waals surface area contributed by atoms with E-state index in [2.05, 4.69) is 28.5 Å². The molecule has 0 aliphatic heterocycles. The molecule has 4 nitrogen and oxygen atoms in total. The number of aryl methyl sites for hydroxylation is 2. The molecule has 0 radical (unpaired) electrons. The summed E-state index contributed by atoms with van der Waals surface area (Å²) >= 11 is 0. The van der Waals surface area contributed by atoms with Gasteiger partial charge in [-0.2, -0.15) is 0 Å². The maximum atomic E-state index is 5.42. The third-order valence-corrected chi connectivity index (χ3v) is 3.05. The number of rotatable bonds is 3. The molecule has 0 saturated heterocycles. The monoisotopic (exact) mass is 229 g/mol. The Bertz CT molecular complexity index is 533. The first-order valence-electron chi connectivity index (χ1n) is 6.05. The summed E-state index contributed by atoms with van der Waals surface area (Å²) in [6, 6.07) is 4.08. The van der Waals surface area contributed by atoms with E-state index in [1.807, 2.05) is 6.07 Å². The van der Waals surface area contributed by atoms with E-state index < -0.39 is 0 Å². The van der Waals surface area contributed by atoms with E-state index in [0.29, 0.717) is 0 Å². The van der Waals surface area contributed by atoms with Crippen LogP contribution in [0.1, 0.15) is 24.7 Å². The van der Waals surface area contributed by atoms with Crippen molar-refractivity contribution in [2.24, 2.45) is 0 Å². The standard InChI is InChI=1S/C13H15N3O/c1-2-6-14-12-8-9-3-4-11-10(5-7-17-11)13(9)16-15-12/h5,7-8H,2-4,6H2,1H3,(H,14,15). The minimum absolute atomic E-state index is 0.873. The highest BCUT2D eigenvalue weighted by Crippen LogP contribution is 2.32. The Hall–Kier alpha value is -1.84. The van der Waals surface area contributed by atoms with E-state index in [9.17, 15) is 0 Å². The van der Waals surface area contributed by atoms with Gasteiger partial charge >= 0.3 is 0 Å². The first kappa shape index (κ1) is 10.3. The molecule has 0 atom stereocenters. The summed E-state index contributed by atoms with van der Waals surface area (Å²) < 4.78 is 5.42. The van der Waals surface area contributed by atoms with E-state index >= 15 is 0 Å². The van der Waals surface area contributed by atoms with Gasteiger partial charge in [-0.1, -0.05) is 6.92 Å². The van der Waals surface area contributed by atoms with Gasteiger partial charge in [0.05, 0.1) is 12.0 Å². The van der Waals surface area contributed by atoms with Crippen LogP contribution in [0.4, 0.5) is 5.82 Å². The van der Waals surface area contributed by atoms with Gasteiger partial charge in [0, 0.05) is 18.5 Å². The molecule has 0 fully saturated rings. The second-order valence-electron chi connectivity index (χ2n) is 4.29. The quantitative estimate of drug-likeness (QED) is 0.879. The molecule has 2 aromatic rings. The summed E-state index contributed by atoms with van der Waals surface area (Å²) in [7, 11) is 0. The number of hydrogen-bond acceptors (Lipinski definition) is 4. The number of aromatic nitrogens is 2. The van der Waals surface area contributed by atoms with Gasteiger partial charge in [0.1, 0.15) is 11.6 Å². The normalized spacial score (nSPS) is 13.0. The van der Waals surface area contributed by atoms with Gasteiger partial charge < -0.3 is 9.73 Å². The van der Waals surface area contributed by atoms with Crippen molar-refractivity contribution in [3.05, 3.63) is 29.7 Å². The predicted octanol–water partition coefficient (Wildman–Crippen LogP) is 2.66. The fourth-order valence-electron chi connectivity index (χ4n) is 2.18. The van der Waals surface area contributed by atoms with Crippen LogP contribution in [0.5, 0.6) is 0 Å². The lowest BCUT2D eigenvalue weighted by atomic mass is 9.95. The average molecular weight is 229 g/mol. The van der Waals surface area contributed by atoms with Gasteiger partial charge in [0.15, 0.2) is 0 Å². The highest BCUT2D eigenvalue weighted by atomic mass is 16.3. The Balaban J connectivity index is 1.96. The van der Waals surface area contributed by atoms with E-state index in [1.54, 1.807) is 6.26 Å². The summed E-state index contributed by atoms with van der Waals surface area (Å²) in [4.78, 5) is 0. The zero-order valence-corrected chi connectivity index (χ0v) is 9.86. The molecule has 2 heterocycles. The molecule has 0 saturated carbocycles. The summed E-state index contributed by atoms with van der Waals surface area (Å²) in [5.74, 6) is 1.90. The Kier molecular flexibility index (Phi) is 2.55. The van der Waals surface area contributed by atoms with Gasteiger partial charge in [-0.05, 0) is 30.5 Å². The van der Waals surface area contributed by atoms with Crippen LogP contribution in [0, 0.1) is 0 Å². The van der Waals surface area contributed by atoms with Crippen LogP contribution in [-0.2, 0) is 12.8 Å². The van der Waals surface area contributed by atoms with E-state index in [-0.39, 0.29) is 0 Å². The summed E-state index contributed by atoms with van der Waals surface area (Å²) in [5.41, 5.74) is 3.33. The molecule has 4 heteroatoms. The molecular formula is C13H15N3O. The molecule has 0 amide bonds. The Labute approximate surface area is 100 Å². The minimum atomic E-state index is 0.873. The Morgan fingerprint density at radius 3 is 3.18 bits per heavy atom. The van der Waals surface area contributed by atoms with Crippen molar-refractivity contribution in [3.63, 3.8) is 0 Å². The average Bonchev–Trinajstić information content (AvgIpc) is 2.84. The largest absolute Gasteiger partial charge is 0.469 e. The van der Waals surface area contributed by atoms with Crippen molar-refractivity contribution in [1.82, 2.24) is 10.2 Å². The van der Waals surface area contributed by atoms with E-state index in [1.165, 1.54) is 5.56 Å². The molecule has 0 unspecified atom stereocenters. The smallest absolute Gasteiger partial charge is 0.148 e. The van der Waals surface area contributed by atoms with Crippen molar-refractivity contribution < 1.29 is 4.42 Å². The molecular weight excluding hydrogens is 214 g/mol. The lowest BCUT2D eigenvalue weighted by molar-refractivity contribution is 0.506. The zero-order chi connectivity index (χ0) is 11.7. The van der Waals surface area contributed by atoms with Crippen molar-refractivity contribution in [3.8, 4) is 11.3 Å².